The molecule has 0 spiro atoms. The molecule has 0 saturated carbocycles. The number of rotatable bonds is 6. The standard InChI is InChI=1S/C30H34NPSi/c1-30(2,3)33(4,5)28-23-15-22-27(29(28)31-24-16-9-6-10-17-24)32(25-18-11-7-12-19-25)26-20-13-8-14-21-26/h6-23,31H,1-5H3. The zero-order valence-electron chi connectivity index (χ0n) is 20.3. The lowest BCUT2D eigenvalue weighted by Crippen LogP contribution is -2.51. The Labute approximate surface area is 201 Å². The second kappa shape index (κ2) is 9.67. The maximum absolute atomic E-state index is 3.89. The Kier molecular flexibility index (Phi) is 6.88. The lowest BCUT2D eigenvalue weighted by molar-refractivity contribution is 0.729. The third-order valence-electron chi connectivity index (χ3n) is 6.90. The van der Waals surface area contributed by atoms with Crippen molar-refractivity contribution in [2.45, 2.75) is 38.9 Å². The molecular formula is C30H34NPSi. The van der Waals surface area contributed by atoms with Gasteiger partial charge in [0.05, 0.1) is 8.07 Å². The topological polar surface area (TPSA) is 12.0 Å². The third kappa shape index (κ3) is 4.98. The Morgan fingerprint density at radius 3 is 1.58 bits per heavy atom. The summed E-state index contributed by atoms with van der Waals surface area (Å²) in [5.41, 5.74) is 2.44. The second-order valence-corrected chi connectivity index (χ2v) is 17.5. The van der Waals surface area contributed by atoms with E-state index in [1.807, 2.05) is 0 Å². The highest BCUT2D eigenvalue weighted by Gasteiger charge is 2.39. The fraction of sp³-hybridized carbons (Fsp3) is 0.200. The van der Waals surface area contributed by atoms with Crippen LogP contribution in [-0.2, 0) is 0 Å². The first-order valence-corrected chi connectivity index (χ1v) is 16.0. The van der Waals surface area contributed by atoms with Crippen LogP contribution in [0.15, 0.2) is 109 Å². The molecule has 0 amide bonds. The van der Waals surface area contributed by atoms with E-state index in [1.54, 1.807) is 0 Å². The first-order valence-electron chi connectivity index (χ1n) is 11.6. The summed E-state index contributed by atoms with van der Waals surface area (Å²) >= 11 is 0. The fourth-order valence-corrected chi connectivity index (χ4v) is 8.71. The molecule has 0 fully saturated rings. The molecule has 0 aliphatic rings. The molecule has 0 aliphatic heterocycles. The zero-order valence-corrected chi connectivity index (χ0v) is 22.2. The molecule has 0 aliphatic carbocycles. The molecule has 4 aromatic carbocycles. The molecule has 1 N–H and O–H groups in total. The minimum atomic E-state index is -1.81. The number of hydrogen-bond acceptors (Lipinski definition) is 1. The highest BCUT2D eigenvalue weighted by atomic mass is 31.1. The van der Waals surface area contributed by atoms with Gasteiger partial charge in [-0.3, -0.25) is 0 Å². The molecule has 4 aromatic rings. The highest BCUT2D eigenvalue weighted by Crippen LogP contribution is 2.40. The normalized spacial score (nSPS) is 12.1. The number of nitrogens with one attached hydrogen (secondary N) is 1. The third-order valence-corrected chi connectivity index (χ3v) is 14.9. The van der Waals surface area contributed by atoms with Gasteiger partial charge in [0.15, 0.2) is 0 Å². The first kappa shape index (κ1) is 23.5. The van der Waals surface area contributed by atoms with E-state index >= 15 is 0 Å². The first-order chi connectivity index (χ1) is 15.8. The van der Waals surface area contributed by atoms with Crippen molar-refractivity contribution in [1.82, 2.24) is 0 Å². The van der Waals surface area contributed by atoms with Crippen LogP contribution in [0, 0.1) is 0 Å². The van der Waals surface area contributed by atoms with Gasteiger partial charge in [0.25, 0.3) is 0 Å². The van der Waals surface area contributed by atoms with Crippen molar-refractivity contribution < 1.29 is 0 Å². The van der Waals surface area contributed by atoms with E-state index in [9.17, 15) is 0 Å². The Bertz CT molecular complexity index is 1140. The Balaban J connectivity index is 1.99. The van der Waals surface area contributed by atoms with Crippen LogP contribution in [0.4, 0.5) is 11.4 Å². The lowest BCUT2D eigenvalue weighted by atomic mass is 10.2. The molecule has 0 heterocycles. The smallest absolute Gasteiger partial charge is 0.0886 e. The fourth-order valence-electron chi connectivity index (χ4n) is 4.03. The van der Waals surface area contributed by atoms with E-state index in [1.165, 1.54) is 26.8 Å². The van der Waals surface area contributed by atoms with Gasteiger partial charge in [-0.15, -0.1) is 0 Å². The summed E-state index contributed by atoms with van der Waals surface area (Å²) in [6, 6.07) is 39.6. The zero-order chi connectivity index (χ0) is 23.5. The van der Waals surface area contributed by atoms with Crippen molar-refractivity contribution in [2.24, 2.45) is 0 Å². The summed E-state index contributed by atoms with van der Waals surface area (Å²) < 4.78 is 0. The van der Waals surface area contributed by atoms with Gasteiger partial charge in [0.1, 0.15) is 0 Å². The molecule has 0 unspecified atom stereocenters. The number of anilines is 2. The molecular weight excluding hydrogens is 433 g/mol. The van der Waals surface area contributed by atoms with Crippen LogP contribution in [0.1, 0.15) is 20.8 Å². The largest absolute Gasteiger partial charge is 0.355 e. The molecule has 3 heteroatoms. The van der Waals surface area contributed by atoms with E-state index in [0.717, 1.165) is 5.69 Å². The molecule has 0 bridgehead atoms. The van der Waals surface area contributed by atoms with Crippen molar-refractivity contribution in [3.8, 4) is 0 Å². The van der Waals surface area contributed by atoms with Crippen LogP contribution in [0.2, 0.25) is 18.1 Å². The van der Waals surface area contributed by atoms with E-state index in [2.05, 4.69) is 148 Å². The van der Waals surface area contributed by atoms with Crippen LogP contribution in [0.25, 0.3) is 0 Å². The molecule has 33 heavy (non-hydrogen) atoms. The van der Waals surface area contributed by atoms with Crippen molar-refractivity contribution in [3.63, 3.8) is 0 Å². The maximum atomic E-state index is 3.89. The molecule has 168 valence electrons. The summed E-state index contributed by atoms with van der Waals surface area (Å²) in [5.74, 6) is 0. The predicted molar refractivity (Wildman–Crippen MR) is 152 cm³/mol. The summed E-state index contributed by atoms with van der Waals surface area (Å²) in [7, 11) is -2.51. The summed E-state index contributed by atoms with van der Waals surface area (Å²) in [5, 5.41) is 9.77. The molecule has 4 rings (SSSR count). The van der Waals surface area contributed by atoms with Gasteiger partial charge in [-0.05, 0) is 40.9 Å². The van der Waals surface area contributed by atoms with Gasteiger partial charge in [-0.1, -0.05) is 131 Å². The maximum Gasteiger partial charge on any atom is 0.0886 e. The van der Waals surface area contributed by atoms with Gasteiger partial charge in [-0.2, -0.15) is 0 Å². The average molecular weight is 468 g/mol. The lowest BCUT2D eigenvalue weighted by Gasteiger charge is -2.39. The molecule has 0 radical (unpaired) electrons. The molecule has 0 aromatic heterocycles. The summed E-state index contributed by atoms with van der Waals surface area (Å²) in [4.78, 5) is 0. The van der Waals surface area contributed by atoms with Gasteiger partial charge < -0.3 is 5.32 Å². The molecule has 1 nitrogen and oxygen atoms in total. The van der Waals surface area contributed by atoms with Gasteiger partial charge in [0.2, 0.25) is 0 Å². The van der Waals surface area contributed by atoms with Crippen molar-refractivity contribution >= 4 is 48.5 Å². The van der Waals surface area contributed by atoms with Crippen molar-refractivity contribution in [1.29, 1.82) is 0 Å². The average Bonchev–Trinajstić information content (AvgIpc) is 2.81. The number of benzene rings is 4. The molecule has 0 atom stereocenters. The minimum Gasteiger partial charge on any atom is -0.355 e. The van der Waals surface area contributed by atoms with E-state index in [-0.39, 0.29) is 5.04 Å². The predicted octanol–water partition coefficient (Wildman–Crippen LogP) is 6.90. The Morgan fingerprint density at radius 2 is 1.09 bits per heavy atom. The SMILES string of the molecule is CC(C)(C)[Si](C)(C)c1cccc(P(c2ccccc2)c2ccccc2)c1Nc1ccccc1. The number of para-hydroxylation sites is 2. The number of hydrogen-bond donors (Lipinski definition) is 1. The quantitative estimate of drug-likeness (QED) is 0.240. The summed E-state index contributed by atoms with van der Waals surface area (Å²) in [6.07, 6.45) is 0. The van der Waals surface area contributed by atoms with Gasteiger partial charge in [0, 0.05) is 16.7 Å². The van der Waals surface area contributed by atoms with Gasteiger partial charge in [-0.25, -0.2) is 0 Å². The van der Waals surface area contributed by atoms with E-state index in [0.29, 0.717) is 0 Å². The van der Waals surface area contributed by atoms with Crippen molar-refractivity contribution in [3.05, 3.63) is 109 Å². The van der Waals surface area contributed by atoms with Crippen molar-refractivity contribution in [2.75, 3.05) is 5.32 Å². The van der Waals surface area contributed by atoms with E-state index in [4.69, 9.17) is 0 Å². The van der Waals surface area contributed by atoms with Crippen LogP contribution in [0.5, 0.6) is 0 Å². The van der Waals surface area contributed by atoms with Crippen LogP contribution in [-0.4, -0.2) is 8.07 Å². The minimum absolute atomic E-state index is 0.237. The summed E-state index contributed by atoms with van der Waals surface area (Å²) in [6.45, 7) is 12.2. The monoisotopic (exact) mass is 467 g/mol. The molecule has 0 saturated heterocycles. The van der Waals surface area contributed by atoms with Crippen LogP contribution in [0.3, 0.4) is 0 Å². The van der Waals surface area contributed by atoms with Gasteiger partial charge >= 0.3 is 0 Å². The Morgan fingerprint density at radius 1 is 0.606 bits per heavy atom. The Hall–Kier alpha value is -2.67. The van der Waals surface area contributed by atoms with Crippen LogP contribution < -0.4 is 26.4 Å². The highest BCUT2D eigenvalue weighted by molar-refractivity contribution is 7.80. The van der Waals surface area contributed by atoms with Crippen LogP contribution >= 0.6 is 7.92 Å². The second-order valence-electron chi connectivity index (χ2n) is 10.1. The van der Waals surface area contributed by atoms with E-state index < -0.39 is 16.0 Å².